The van der Waals surface area contributed by atoms with E-state index >= 15 is 0 Å². The van der Waals surface area contributed by atoms with Gasteiger partial charge in [0.05, 0.1) is 6.85 Å². The van der Waals surface area contributed by atoms with Crippen molar-refractivity contribution in [2.24, 2.45) is 0 Å². The molecule has 8 aromatic carbocycles. The minimum atomic E-state index is -0.151. The summed E-state index contributed by atoms with van der Waals surface area (Å²) in [6.07, 6.45) is 0. The lowest BCUT2D eigenvalue weighted by atomic mass is 9.97. The number of hydrogen-bond donors (Lipinski definition) is 0. The maximum absolute atomic E-state index is 9.05. The second-order valence-corrected chi connectivity index (χ2v) is 13.2. The number of hydrogen-bond acceptors (Lipinski definition) is 5. The Labute approximate surface area is 316 Å². The van der Waals surface area contributed by atoms with Crippen LogP contribution in [0, 0.1) is 0 Å². The predicted molar refractivity (Wildman–Crippen MR) is 219 cm³/mol. The molecule has 0 aliphatic carbocycles. The van der Waals surface area contributed by atoms with Crippen LogP contribution in [0.4, 0.5) is 0 Å². The highest BCUT2D eigenvalue weighted by Gasteiger charge is 2.18. The molecule has 54 heavy (non-hydrogen) atoms. The first-order chi connectivity index (χ1) is 28.8. The number of benzene rings is 8. The molecule has 0 radical (unpaired) electrons. The molecule has 0 N–H and O–H groups in total. The fraction of sp³-hybridized carbons (Fsp3) is 0. The summed E-state index contributed by atoms with van der Waals surface area (Å²) in [5.74, 6) is 1.47. The molecule has 11 rings (SSSR count). The Bertz CT molecular complexity index is 3490. The van der Waals surface area contributed by atoms with Crippen LogP contribution in [0.1, 0.15) is 6.85 Å². The van der Waals surface area contributed by atoms with Gasteiger partial charge in [0.25, 0.3) is 0 Å². The van der Waals surface area contributed by atoms with Crippen LogP contribution in [0.15, 0.2) is 185 Å². The van der Waals surface area contributed by atoms with Gasteiger partial charge in [-0.1, -0.05) is 145 Å². The van der Waals surface area contributed by atoms with Crippen LogP contribution < -0.4 is 0 Å². The summed E-state index contributed by atoms with van der Waals surface area (Å²) >= 11 is 0. The SMILES string of the molecule is [2H]c1cc2c(ccc3c2oc2cc([2H])c([2H])c(-c4ccc(-c5nc(-c6ccccc6)nc(-c6ccc7c(c6)oc6cccc(-c8ccccc8)c67)n5)cc4)c23)c([2H])c1[2H]. The lowest BCUT2D eigenvalue weighted by Gasteiger charge is -2.10. The molecule has 0 saturated heterocycles. The minimum Gasteiger partial charge on any atom is -0.456 e. The first-order valence-electron chi connectivity index (χ1n) is 20.1. The van der Waals surface area contributed by atoms with Crippen molar-refractivity contribution in [3.8, 4) is 56.4 Å². The molecule has 5 nitrogen and oxygen atoms in total. The molecule has 0 bridgehead atoms. The first-order valence-corrected chi connectivity index (χ1v) is 17.6. The molecule has 0 unspecified atom stereocenters. The number of fused-ring (bicyclic) bond motifs is 8. The lowest BCUT2D eigenvalue weighted by Crippen LogP contribution is -2.00. The molecule has 3 aromatic heterocycles. The van der Waals surface area contributed by atoms with Crippen LogP contribution >= 0.6 is 0 Å². The lowest BCUT2D eigenvalue weighted by molar-refractivity contribution is 0.669. The van der Waals surface area contributed by atoms with Gasteiger partial charge in [0, 0.05) is 43.6 Å². The Morgan fingerprint density at radius 3 is 1.81 bits per heavy atom. The van der Waals surface area contributed by atoms with Gasteiger partial charge in [-0.3, -0.25) is 0 Å². The number of furan rings is 2. The summed E-state index contributed by atoms with van der Waals surface area (Å²) in [5, 5.41) is 4.45. The molecule has 11 aromatic rings. The maximum Gasteiger partial charge on any atom is 0.164 e. The van der Waals surface area contributed by atoms with Gasteiger partial charge in [-0.25, -0.2) is 15.0 Å². The van der Waals surface area contributed by atoms with Crippen LogP contribution in [-0.2, 0) is 0 Å². The van der Waals surface area contributed by atoms with Gasteiger partial charge in [-0.2, -0.15) is 0 Å². The molecule has 0 aliphatic heterocycles. The van der Waals surface area contributed by atoms with E-state index in [4.69, 9.17) is 30.6 Å². The van der Waals surface area contributed by atoms with Crippen molar-refractivity contribution in [3.63, 3.8) is 0 Å². The zero-order valence-electron chi connectivity index (χ0n) is 33.5. The molecule has 0 atom stereocenters. The highest BCUT2D eigenvalue weighted by molar-refractivity contribution is 6.19. The van der Waals surface area contributed by atoms with Crippen LogP contribution in [0.3, 0.4) is 0 Å². The number of nitrogens with zero attached hydrogens (tertiary/aromatic N) is 3. The standard InChI is InChI=1S/C49H29N3O2/c1-3-11-30(12-4-1)36-17-9-19-41-44(36)39-27-26-35(29-43(39)53-41)49-51-47(33-14-5-2-6-15-33)50-48(52-49)34-23-21-32(22-24-34)37-18-10-20-42-45(37)40-28-25-31-13-7-8-16-38(31)46(40)54-42/h1-29H/i7D,8D,10D,13D,18D. The Hall–Kier alpha value is -7.37. The van der Waals surface area contributed by atoms with Gasteiger partial charge in [-0.15, -0.1) is 0 Å². The second kappa shape index (κ2) is 12.1. The normalized spacial score (nSPS) is 13.0. The zero-order valence-corrected chi connectivity index (χ0v) is 28.5. The summed E-state index contributed by atoms with van der Waals surface area (Å²) < 4.78 is 55.4. The maximum atomic E-state index is 9.05. The smallest absolute Gasteiger partial charge is 0.164 e. The zero-order chi connectivity index (χ0) is 39.9. The van der Waals surface area contributed by atoms with Crippen molar-refractivity contribution in [1.29, 1.82) is 0 Å². The van der Waals surface area contributed by atoms with E-state index in [0.717, 1.165) is 49.8 Å². The van der Waals surface area contributed by atoms with E-state index in [1.54, 1.807) is 12.1 Å². The van der Waals surface area contributed by atoms with Crippen LogP contribution in [0.25, 0.3) is 111 Å². The molecule has 3 heterocycles. The largest absolute Gasteiger partial charge is 0.456 e. The van der Waals surface area contributed by atoms with Crippen molar-refractivity contribution < 1.29 is 15.7 Å². The third-order valence-corrected chi connectivity index (χ3v) is 10.00. The third kappa shape index (κ3) is 4.90. The van der Waals surface area contributed by atoms with E-state index in [2.05, 4.69) is 24.3 Å². The topological polar surface area (TPSA) is 65.0 Å². The minimum absolute atomic E-state index is 0.00284. The highest BCUT2D eigenvalue weighted by atomic mass is 16.3. The summed E-state index contributed by atoms with van der Waals surface area (Å²) in [6, 6.07) is 46.3. The van der Waals surface area contributed by atoms with Gasteiger partial charge in [-0.05, 0) is 58.0 Å². The molecule has 0 aliphatic rings. The van der Waals surface area contributed by atoms with Gasteiger partial charge >= 0.3 is 0 Å². The third-order valence-electron chi connectivity index (χ3n) is 10.00. The van der Waals surface area contributed by atoms with E-state index in [1.165, 1.54) is 6.07 Å². The molecule has 5 heteroatoms. The van der Waals surface area contributed by atoms with Crippen molar-refractivity contribution in [3.05, 3.63) is 176 Å². The average Bonchev–Trinajstić information content (AvgIpc) is 3.84. The molecule has 0 fully saturated rings. The van der Waals surface area contributed by atoms with E-state index in [0.29, 0.717) is 61.3 Å². The molecule has 252 valence electrons. The first kappa shape index (κ1) is 25.6. The van der Waals surface area contributed by atoms with Crippen molar-refractivity contribution in [2.45, 2.75) is 0 Å². The molecule has 0 saturated carbocycles. The van der Waals surface area contributed by atoms with E-state index in [9.17, 15) is 0 Å². The average molecular weight is 697 g/mol. The summed E-state index contributed by atoms with van der Waals surface area (Å²) in [6.45, 7) is 0. The van der Waals surface area contributed by atoms with Crippen molar-refractivity contribution in [1.82, 2.24) is 15.0 Å². The monoisotopic (exact) mass is 696 g/mol. The fourth-order valence-electron chi connectivity index (χ4n) is 7.44. The number of rotatable bonds is 5. The molecule has 0 spiro atoms. The summed E-state index contributed by atoms with van der Waals surface area (Å²) in [7, 11) is 0. The van der Waals surface area contributed by atoms with E-state index < -0.39 is 0 Å². The predicted octanol–water partition coefficient (Wildman–Crippen LogP) is 13.2. The Morgan fingerprint density at radius 2 is 1.02 bits per heavy atom. The van der Waals surface area contributed by atoms with Gasteiger partial charge in [0.2, 0.25) is 0 Å². The van der Waals surface area contributed by atoms with Gasteiger partial charge < -0.3 is 8.83 Å². The highest BCUT2D eigenvalue weighted by Crippen LogP contribution is 2.41. The fourth-order valence-corrected chi connectivity index (χ4v) is 7.44. The Kier molecular flexibility index (Phi) is 5.73. The van der Waals surface area contributed by atoms with E-state index in [-0.39, 0.29) is 30.2 Å². The van der Waals surface area contributed by atoms with E-state index in [1.807, 2.05) is 103 Å². The van der Waals surface area contributed by atoms with Crippen LogP contribution in [0.2, 0.25) is 0 Å². The van der Waals surface area contributed by atoms with Gasteiger partial charge in [0.1, 0.15) is 22.3 Å². The van der Waals surface area contributed by atoms with Crippen LogP contribution in [-0.4, -0.2) is 15.0 Å². The molecule has 0 amide bonds. The molecular formula is C49H29N3O2. The van der Waals surface area contributed by atoms with Gasteiger partial charge in [0.15, 0.2) is 17.5 Å². The summed E-state index contributed by atoms with van der Waals surface area (Å²) in [5.41, 5.74) is 8.19. The molecular weight excluding hydrogens is 663 g/mol. The summed E-state index contributed by atoms with van der Waals surface area (Å²) in [4.78, 5) is 14.9. The Morgan fingerprint density at radius 1 is 0.389 bits per heavy atom. The van der Waals surface area contributed by atoms with Crippen LogP contribution in [0.5, 0.6) is 0 Å². The van der Waals surface area contributed by atoms with Crippen molar-refractivity contribution in [2.75, 3.05) is 0 Å². The number of aromatic nitrogens is 3. The van der Waals surface area contributed by atoms with Crippen molar-refractivity contribution >= 4 is 54.6 Å². The quantitative estimate of drug-likeness (QED) is 0.179. The second-order valence-electron chi connectivity index (χ2n) is 13.2. The Balaban J connectivity index is 1.04.